The Morgan fingerprint density at radius 3 is 2.65 bits per heavy atom. The molecule has 1 saturated heterocycles. The van der Waals surface area contributed by atoms with Gasteiger partial charge in [0.25, 0.3) is 0 Å². The van der Waals surface area contributed by atoms with Crippen LogP contribution >= 0.6 is 0 Å². The number of hydrogen-bond donors (Lipinski definition) is 1. The Hall–Kier alpha value is -0.120. The van der Waals surface area contributed by atoms with Crippen molar-refractivity contribution in [1.29, 1.82) is 0 Å². The largest absolute Gasteiger partial charge is 0.393 e. The summed E-state index contributed by atoms with van der Waals surface area (Å²) in [5.41, 5.74) is 0. The van der Waals surface area contributed by atoms with Crippen LogP contribution in [-0.2, 0) is 4.74 Å². The van der Waals surface area contributed by atoms with Gasteiger partial charge in [-0.05, 0) is 44.6 Å². The minimum absolute atomic E-state index is 0.0613. The number of rotatable bonds is 4. The molecule has 0 aromatic carbocycles. The molecule has 100 valence electrons. The van der Waals surface area contributed by atoms with Crippen molar-refractivity contribution in [1.82, 2.24) is 4.90 Å². The van der Waals surface area contributed by atoms with Crippen LogP contribution in [0.5, 0.6) is 0 Å². The molecule has 2 aliphatic rings. The predicted molar refractivity (Wildman–Crippen MR) is 69.0 cm³/mol. The standard InChI is InChI=1S/C14H27NO2/c1-15(9-12-5-4-8-17-11-12)10-13-6-2-3-7-14(13)16/h12-14,16H,2-11H2,1H3. The first-order valence-corrected chi connectivity index (χ1v) is 7.20. The average molecular weight is 241 g/mol. The molecule has 3 nitrogen and oxygen atoms in total. The molecule has 0 radical (unpaired) electrons. The molecule has 2 rings (SSSR count). The van der Waals surface area contributed by atoms with Crippen LogP contribution in [0.4, 0.5) is 0 Å². The van der Waals surface area contributed by atoms with E-state index >= 15 is 0 Å². The number of aliphatic hydroxyl groups is 1. The minimum Gasteiger partial charge on any atom is -0.393 e. The third-order valence-corrected chi connectivity index (χ3v) is 4.24. The lowest BCUT2D eigenvalue weighted by Gasteiger charge is -2.33. The second kappa shape index (κ2) is 6.72. The van der Waals surface area contributed by atoms with E-state index in [1.54, 1.807) is 0 Å². The van der Waals surface area contributed by atoms with Crippen LogP contribution < -0.4 is 0 Å². The molecule has 0 bridgehead atoms. The molecule has 3 atom stereocenters. The average Bonchev–Trinajstić information content (AvgIpc) is 2.33. The molecule has 3 heteroatoms. The highest BCUT2D eigenvalue weighted by molar-refractivity contribution is 4.77. The molecule has 0 aromatic heterocycles. The fourth-order valence-corrected chi connectivity index (χ4v) is 3.27. The van der Waals surface area contributed by atoms with Crippen molar-refractivity contribution >= 4 is 0 Å². The Kier molecular flexibility index (Phi) is 5.26. The first-order chi connectivity index (χ1) is 8.25. The molecule has 1 saturated carbocycles. The third kappa shape index (κ3) is 4.23. The molecule has 2 fully saturated rings. The molecular weight excluding hydrogens is 214 g/mol. The highest BCUT2D eigenvalue weighted by atomic mass is 16.5. The fourth-order valence-electron chi connectivity index (χ4n) is 3.27. The quantitative estimate of drug-likeness (QED) is 0.816. The maximum absolute atomic E-state index is 9.97. The van der Waals surface area contributed by atoms with Gasteiger partial charge in [-0.3, -0.25) is 0 Å². The van der Waals surface area contributed by atoms with Crippen molar-refractivity contribution in [3.05, 3.63) is 0 Å². The number of ether oxygens (including phenoxy) is 1. The van der Waals surface area contributed by atoms with E-state index in [1.165, 1.54) is 32.1 Å². The van der Waals surface area contributed by atoms with E-state index in [0.717, 1.165) is 32.7 Å². The van der Waals surface area contributed by atoms with Crippen LogP contribution in [0.3, 0.4) is 0 Å². The molecule has 1 aliphatic carbocycles. The van der Waals surface area contributed by atoms with Crippen molar-refractivity contribution in [2.45, 2.75) is 44.6 Å². The van der Waals surface area contributed by atoms with Gasteiger partial charge < -0.3 is 14.7 Å². The SMILES string of the molecule is CN(CC1CCCOC1)CC1CCCCC1O. The van der Waals surface area contributed by atoms with Gasteiger partial charge in [0.05, 0.1) is 12.7 Å². The van der Waals surface area contributed by atoms with Crippen molar-refractivity contribution in [3.63, 3.8) is 0 Å². The van der Waals surface area contributed by atoms with Gasteiger partial charge in [0.1, 0.15) is 0 Å². The summed E-state index contributed by atoms with van der Waals surface area (Å²) in [7, 11) is 2.19. The van der Waals surface area contributed by atoms with Crippen LogP contribution in [0.2, 0.25) is 0 Å². The summed E-state index contributed by atoms with van der Waals surface area (Å²) in [6, 6.07) is 0. The van der Waals surface area contributed by atoms with Crippen LogP contribution in [0, 0.1) is 11.8 Å². The maximum Gasteiger partial charge on any atom is 0.0580 e. The molecule has 0 amide bonds. The maximum atomic E-state index is 9.97. The summed E-state index contributed by atoms with van der Waals surface area (Å²) in [6.45, 7) is 4.06. The van der Waals surface area contributed by atoms with E-state index in [2.05, 4.69) is 11.9 Å². The summed E-state index contributed by atoms with van der Waals surface area (Å²) in [5.74, 6) is 1.20. The van der Waals surface area contributed by atoms with E-state index < -0.39 is 0 Å². The fraction of sp³-hybridized carbons (Fsp3) is 1.00. The third-order valence-electron chi connectivity index (χ3n) is 4.24. The minimum atomic E-state index is -0.0613. The zero-order valence-electron chi connectivity index (χ0n) is 11.1. The Bertz CT molecular complexity index is 216. The normalized spacial score (nSPS) is 35.1. The van der Waals surface area contributed by atoms with Gasteiger partial charge in [-0.1, -0.05) is 12.8 Å². The second-order valence-electron chi connectivity index (χ2n) is 5.92. The molecule has 0 aromatic rings. The van der Waals surface area contributed by atoms with E-state index in [0.29, 0.717) is 11.8 Å². The monoisotopic (exact) mass is 241 g/mol. The van der Waals surface area contributed by atoms with E-state index in [4.69, 9.17) is 4.74 Å². The Labute approximate surface area is 105 Å². The van der Waals surface area contributed by atoms with Gasteiger partial charge in [0.2, 0.25) is 0 Å². The van der Waals surface area contributed by atoms with Gasteiger partial charge >= 0.3 is 0 Å². The number of hydrogen-bond acceptors (Lipinski definition) is 3. The van der Waals surface area contributed by atoms with Gasteiger partial charge in [-0.2, -0.15) is 0 Å². The first-order valence-electron chi connectivity index (χ1n) is 7.20. The lowest BCUT2D eigenvalue weighted by molar-refractivity contribution is 0.0240. The summed E-state index contributed by atoms with van der Waals surface area (Å²) >= 11 is 0. The zero-order chi connectivity index (χ0) is 12.1. The molecule has 3 unspecified atom stereocenters. The highest BCUT2D eigenvalue weighted by Gasteiger charge is 2.25. The first kappa shape index (κ1) is 13.3. The zero-order valence-corrected chi connectivity index (χ0v) is 11.1. The Morgan fingerprint density at radius 2 is 1.94 bits per heavy atom. The van der Waals surface area contributed by atoms with E-state index in [-0.39, 0.29) is 6.10 Å². The van der Waals surface area contributed by atoms with Crippen molar-refractivity contribution in [2.75, 3.05) is 33.4 Å². The number of aliphatic hydroxyl groups excluding tert-OH is 1. The topological polar surface area (TPSA) is 32.7 Å². The summed E-state index contributed by atoms with van der Waals surface area (Å²) < 4.78 is 5.52. The Balaban J connectivity index is 1.70. The summed E-state index contributed by atoms with van der Waals surface area (Å²) in [5, 5.41) is 9.97. The van der Waals surface area contributed by atoms with E-state index in [9.17, 15) is 5.11 Å². The Morgan fingerprint density at radius 1 is 1.12 bits per heavy atom. The molecule has 1 heterocycles. The lowest BCUT2D eigenvalue weighted by atomic mass is 9.86. The van der Waals surface area contributed by atoms with Crippen molar-refractivity contribution in [3.8, 4) is 0 Å². The van der Waals surface area contributed by atoms with Crippen LogP contribution in [0.1, 0.15) is 38.5 Å². The second-order valence-corrected chi connectivity index (χ2v) is 5.92. The highest BCUT2D eigenvalue weighted by Crippen LogP contribution is 2.25. The number of nitrogens with zero attached hydrogens (tertiary/aromatic N) is 1. The van der Waals surface area contributed by atoms with Gasteiger partial charge in [-0.25, -0.2) is 0 Å². The lowest BCUT2D eigenvalue weighted by Crippen LogP contribution is -2.38. The predicted octanol–water partition coefficient (Wildman–Crippen LogP) is 1.90. The van der Waals surface area contributed by atoms with E-state index in [1.807, 2.05) is 0 Å². The van der Waals surface area contributed by atoms with Gasteiger partial charge in [-0.15, -0.1) is 0 Å². The summed E-state index contributed by atoms with van der Waals surface area (Å²) in [6.07, 6.45) is 7.16. The van der Waals surface area contributed by atoms with Gasteiger partial charge in [0, 0.05) is 19.7 Å². The molecule has 0 spiro atoms. The smallest absolute Gasteiger partial charge is 0.0580 e. The van der Waals surface area contributed by atoms with Crippen LogP contribution in [0.15, 0.2) is 0 Å². The van der Waals surface area contributed by atoms with Crippen LogP contribution in [-0.4, -0.2) is 49.5 Å². The molecule has 17 heavy (non-hydrogen) atoms. The molecule has 1 aliphatic heterocycles. The van der Waals surface area contributed by atoms with Crippen molar-refractivity contribution < 1.29 is 9.84 Å². The van der Waals surface area contributed by atoms with Gasteiger partial charge in [0.15, 0.2) is 0 Å². The molecular formula is C14H27NO2. The van der Waals surface area contributed by atoms with Crippen LogP contribution in [0.25, 0.3) is 0 Å². The summed E-state index contributed by atoms with van der Waals surface area (Å²) in [4.78, 5) is 2.40. The van der Waals surface area contributed by atoms with Crippen molar-refractivity contribution in [2.24, 2.45) is 11.8 Å². The molecule has 1 N–H and O–H groups in total.